The van der Waals surface area contributed by atoms with Crippen molar-refractivity contribution in [2.45, 2.75) is 13.8 Å². The standard InChI is InChI=1S/C27H30N6O2/c1-6-33(5)16-24(34)29-23-12-11-18(13-21(23)27(35)32(3)4)19-14-22-25(30-31-26(22)28-15-19)20-10-8-7-9-17(20)2/h7-15H,6,16H2,1-5H3,(H,29,34)(H,28,30,31). The molecule has 0 atom stereocenters. The van der Waals surface area contributed by atoms with Gasteiger partial charge in [-0.3, -0.25) is 19.6 Å². The van der Waals surface area contributed by atoms with Crippen LogP contribution in [0.5, 0.6) is 0 Å². The Morgan fingerprint density at radius 2 is 1.80 bits per heavy atom. The van der Waals surface area contributed by atoms with Gasteiger partial charge in [0.15, 0.2) is 5.65 Å². The molecule has 0 unspecified atom stereocenters. The van der Waals surface area contributed by atoms with Gasteiger partial charge in [-0.15, -0.1) is 0 Å². The van der Waals surface area contributed by atoms with Crippen LogP contribution in [0.4, 0.5) is 5.69 Å². The zero-order valence-electron chi connectivity index (χ0n) is 20.7. The third kappa shape index (κ3) is 5.07. The summed E-state index contributed by atoms with van der Waals surface area (Å²) in [6.07, 6.45) is 1.75. The Bertz CT molecular complexity index is 1390. The molecule has 2 aromatic carbocycles. The molecule has 2 heterocycles. The zero-order chi connectivity index (χ0) is 25.1. The number of amides is 2. The minimum atomic E-state index is -0.191. The number of hydrogen-bond donors (Lipinski definition) is 2. The molecule has 0 fully saturated rings. The molecule has 0 saturated heterocycles. The van der Waals surface area contributed by atoms with Crippen LogP contribution in [0.15, 0.2) is 54.7 Å². The van der Waals surface area contributed by atoms with E-state index in [4.69, 9.17) is 0 Å². The third-order valence-corrected chi connectivity index (χ3v) is 6.04. The average Bonchev–Trinajstić information content (AvgIpc) is 3.27. The summed E-state index contributed by atoms with van der Waals surface area (Å²) < 4.78 is 0. The Labute approximate surface area is 205 Å². The van der Waals surface area contributed by atoms with Gasteiger partial charge in [-0.05, 0) is 49.8 Å². The monoisotopic (exact) mass is 470 g/mol. The Balaban J connectivity index is 1.75. The molecule has 0 saturated carbocycles. The fraction of sp³-hybridized carbons (Fsp3) is 0.259. The lowest BCUT2D eigenvalue weighted by atomic mass is 9.99. The SMILES string of the molecule is CCN(C)CC(=O)Nc1ccc(-c2cnc3n[nH]c(-c4ccccc4C)c3c2)cc1C(=O)N(C)C. The van der Waals surface area contributed by atoms with Crippen LogP contribution in [0.25, 0.3) is 33.4 Å². The highest BCUT2D eigenvalue weighted by Gasteiger charge is 2.18. The van der Waals surface area contributed by atoms with Crippen LogP contribution in [0.2, 0.25) is 0 Å². The van der Waals surface area contributed by atoms with Gasteiger partial charge in [-0.2, -0.15) is 5.10 Å². The number of rotatable bonds is 7. The lowest BCUT2D eigenvalue weighted by Gasteiger charge is -2.18. The summed E-state index contributed by atoms with van der Waals surface area (Å²) in [7, 11) is 5.26. The van der Waals surface area contributed by atoms with Gasteiger partial charge in [0.25, 0.3) is 5.91 Å². The summed E-state index contributed by atoms with van der Waals surface area (Å²) in [4.78, 5) is 33.4. The number of aromatic amines is 1. The van der Waals surface area contributed by atoms with E-state index >= 15 is 0 Å². The van der Waals surface area contributed by atoms with E-state index in [1.807, 2.05) is 43.1 Å². The number of H-pyrrole nitrogens is 1. The van der Waals surface area contributed by atoms with E-state index in [9.17, 15) is 9.59 Å². The maximum absolute atomic E-state index is 13.0. The maximum Gasteiger partial charge on any atom is 0.255 e. The highest BCUT2D eigenvalue weighted by molar-refractivity contribution is 6.05. The number of benzene rings is 2. The number of fused-ring (bicyclic) bond motifs is 1. The second-order valence-electron chi connectivity index (χ2n) is 8.85. The zero-order valence-corrected chi connectivity index (χ0v) is 20.7. The van der Waals surface area contributed by atoms with Crippen LogP contribution >= 0.6 is 0 Å². The van der Waals surface area contributed by atoms with Crippen molar-refractivity contribution in [2.75, 3.05) is 39.5 Å². The molecular weight excluding hydrogens is 440 g/mol. The number of likely N-dealkylation sites (N-methyl/N-ethyl adjacent to an activating group) is 1. The van der Waals surface area contributed by atoms with E-state index < -0.39 is 0 Å². The van der Waals surface area contributed by atoms with Gasteiger partial charge in [0.1, 0.15) is 0 Å². The second-order valence-corrected chi connectivity index (χ2v) is 8.85. The van der Waals surface area contributed by atoms with E-state index in [1.165, 1.54) is 4.90 Å². The summed E-state index contributed by atoms with van der Waals surface area (Å²) in [5, 5.41) is 11.3. The van der Waals surface area contributed by atoms with Gasteiger partial charge < -0.3 is 10.2 Å². The van der Waals surface area contributed by atoms with Crippen LogP contribution in [0.3, 0.4) is 0 Å². The van der Waals surface area contributed by atoms with Gasteiger partial charge >= 0.3 is 0 Å². The molecule has 0 radical (unpaired) electrons. The summed E-state index contributed by atoms with van der Waals surface area (Å²) in [6.45, 7) is 5.04. The molecule has 0 aliphatic carbocycles. The first-order valence-electron chi connectivity index (χ1n) is 11.5. The van der Waals surface area contributed by atoms with Crippen molar-refractivity contribution in [1.29, 1.82) is 0 Å². The molecule has 0 spiro atoms. The fourth-order valence-corrected chi connectivity index (χ4v) is 3.91. The van der Waals surface area contributed by atoms with Gasteiger partial charge in [0.2, 0.25) is 5.91 Å². The third-order valence-electron chi connectivity index (χ3n) is 6.04. The number of pyridine rings is 1. The largest absolute Gasteiger partial charge is 0.345 e. The molecule has 4 rings (SSSR count). The summed E-state index contributed by atoms with van der Waals surface area (Å²) in [5.41, 5.74) is 6.31. The first-order valence-corrected chi connectivity index (χ1v) is 11.5. The first kappa shape index (κ1) is 24.1. The van der Waals surface area contributed by atoms with Crippen LogP contribution in [0, 0.1) is 6.92 Å². The average molecular weight is 471 g/mol. The summed E-state index contributed by atoms with van der Waals surface area (Å²) in [6, 6.07) is 15.6. The first-order chi connectivity index (χ1) is 16.8. The molecule has 35 heavy (non-hydrogen) atoms. The van der Waals surface area contributed by atoms with Crippen molar-refractivity contribution in [1.82, 2.24) is 25.0 Å². The number of aromatic nitrogens is 3. The van der Waals surface area contributed by atoms with Crippen molar-refractivity contribution in [2.24, 2.45) is 0 Å². The highest BCUT2D eigenvalue weighted by Crippen LogP contribution is 2.32. The summed E-state index contributed by atoms with van der Waals surface area (Å²) in [5.74, 6) is -0.358. The molecule has 2 aromatic heterocycles. The van der Waals surface area contributed by atoms with E-state index in [0.717, 1.165) is 39.9 Å². The van der Waals surface area contributed by atoms with Gasteiger partial charge in [0.05, 0.1) is 23.5 Å². The van der Waals surface area contributed by atoms with Crippen molar-refractivity contribution in [3.05, 3.63) is 65.9 Å². The van der Waals surface area contributed by atoms with Crippen molar-refractivity contribution in [3.63, 3.8) is 0 Å². The molecule has 8 nitrogen and oxygen atoms in total. The van der Waals surface area contributed by atoms with E-state index in [-0.39, 0.29) is 18.4 Å². The lowest BCUT2D eigenvalue weighted by molar-refractivity contribution is -0.117. The maximum atomic E-state index is 13.0. The van der Waals surface area contributed by atoms with Crippen LogP contribution in [0.1, 0.15) is 22.8 Å². The van der Waals surface area contributed by atoms with Crippen molar-refractivity contribution in [3.8, 4) is 22.4 Å². The van der Waals surface area contributed by atoms with E-state index in [0.29, 0.717) is 16.9 Å². The molecule has 8 heteroatoms. The van der Waals surface area contributed by atoms with E-state index in [1.54, 1.807) is 32.4 Å². The molecular formula is C27H30N6O2. The normalized spacial score (nSPS) is 11.1. The van der Waals surface area contributed by atoms with Crippen LogP contribution in [-0.4, -0.2) is 71.0 Å². The molecule has 2 amide bonds. The number of carbonyl (C=O) groups is 2. The number of carbonyl (C=O) groups excluding carboxylic acids is 2. The minimum Gasteiger partial charge on any atom is -0.345 e. The molecule has 4 aromatic rings. The number of anilines is 1. The Hall–Kier alpha value is -4.04. The number of nitrogens with zero attached hydrogens (tertiary/aromatic N) is 4. The molecule has 0 aliphatic rings. The van der Waals surface area contributed by atoms with Crippen LogP contribution in [-0.2, 0) is 4.79 Å². The predicted octanol–water partition coefficient (Wildman–Crippen LogP) is 4.19. The van der Waals surface area contributed by atoms with Crippen LogP contribution < -0.4 is 5.32 Å². The smallest absolute Gasteiger partial charge is 0.255 e. The highest BCUT2D eigenvalue weighted by atomic mass is 16.2. The number of aryl methyl sites for hydroxylation is 1. The fourth-order valence-electron chi connectivity index (χ4n) is 3.91. The quantitative estimate of drug-likeness (QED) is 0.422. The molecule has 0 aliphatic heterocycles. The lowest BCUT2D eigenvalue weighted by Crippen LogP contribution is -2.31. The van der Waals surface area contributed by atoms with E-state index in [2.05, 4.69) is 39.6 Å². The van der Waals surface area contributed by atoms with Gasteiger partial charge in [0, 0.05) is 36.8 Å². The van der Waals surface area contributed by atoms with Gasteiger partial charge in [-0.1, -0.05) is 37.3 Å². The summed E-state index contributed by atoms with van der Waals surface area (Å²) >= 11 is 0. The van der Waals surface area contributed by atoms with Crippen molar-refractivity contribution >= 4 is 28.5 Å². The number of hydrogen-bond acceptors (Lipinski definition) is 5. The topological polar surface area (TPSA) is 94.2 Å². The second kappa shape index (κ2) is 10.1. The van der Waals surface area contributed by atoms with Crippen molar-refractivity contribution < 1.29 is 9.59 Å². The predicted molar refractivity (Wildman–Crippen MR) is 139 cm³/mol. The Morgan fingerprint density at radius 3 is 2.51 bits per heavy atom. The molecule has 0 bridgehead atoms. The molecule has 180 valence electrons. The molecule has 2 N–H and O–H groups in total. The number of nitrogens with one attached hydrogen (secondary N) is 2. The Morgan fingerprint density at radius 1 is 1.03 bits per heavy atom. The minimum absolute atomic E-state index is 0.167. The Kier molecular flexibility index (Phi) is 6.93. The van der Waals surface area contributed by atoms with Gasteiger partial charge in [-0.25, -0.2) is 4.98 Å².